The lowest BCUT2D eigenvalue weighted by Crippen LogP contribution is -2.41. The Bertz CT molecular complexity index is 2010. The minimum absolute atomic E-state index is 0.00630. The summed E-state index contributed by atoms with van der Waals surface area (Å²) in [7, 11) is 16.0. The van der Waals surface area contributed by atoms with Crippen molar-refractivity contribution in [1.82, 2.24) is 9.80 Å². The predicted octanol–water partition coefficient (Wildman–Crippen LogP) is 4.67. The van der Waals surface area contributed by atoms with E-state index in [1.807, 2.05) is 50.2 Å². The molecule has 4 atom stereocenters. The number of amidine groups is 2. The molecule has 4 aliphatic rings. The molecule has 48 heavy (non-hydrogen) atoms. The fourth-order valence-corrected chi connectivity index (χ4v) is 6.87. The van der Waals surface area contributed by atoms with Crippen LogP contribution >= 0.6 is 0 Å². The van der Waals surface area contributed by atoms with E-state index in [1.165, 1.54) is 0 Å². The van der Waals surface area contributed by atoms with Gasteiger partial charge < -0.3 is 10.2 Å². The molecule has 4 aromatic carbocycles. The van der Waals surface area contributed by atoms with Crippen molar-refractivity contribution in [3.05, 3.63) is 81.9 Å². The van der Waals surface area contributed by atoms with Crippen molar-refractivity contribution < 1.29 is 19.8 Å². The highest BCUT2D eigenvalue weighted by atomic mass is 16.3. The zero-order chi connectivity index (χ0) is 35.2. The number of aliphatic imine (C=N–C) groups is 2. The molecule has 0 saturated carbocycles. The van der Waals surface area contributed by atoms with Crippen molar-refractivity contribution in [2.45, 2.75) is 53.6 Å². The van der Waals surface area contributed by atoms with Gasteiger partial charge in [0.1, 0.15) is 23.2 Å². The third-order valence-electron chi connectivity index (χ3n) is 9.99. The molecule has 236 valence electrons. The Morgan fingerprint density at radius 1 is 0.604 bits per heavy atom. The van der Waals surface area contributed by atoms with Crippen LogP contribution in [0.3, 0.4) is 0 Å². The number of phenols is 2. The minimum Gasteiger partial charge on any atom is -0.508 e. The van der Waals surface area contributed by atoms with Gasteiger partial charge in [0.25, 0.3) is 11.8 Å². The zero-order valence-electron chi connectivity index (χ0n) is 28.2. The van der Waals surface area contributed by atoms with Crippen molar-refractivity contribution in [1.29, 1.82) is 0 Å². The number of benzene rings is 4. The second-order valence-electron chi connectivity index (χ2n) is 12.8. The Balaban J connectivity index is 0.000000170. The molecule has 4 heterocycles. The standard InChI is InChI=1S/2C18H18N2O2.2B2/c1-9-8-20-17(19-11(9)3)16-13(18(20)22)6-4-12-5-7-14(21)10(2)15(12)16;1-9-8-20-17(19-11(9)3)13-6-4-12-5-7-14(21)10(2)15(12)16(13)18(20)22;2*1-2/h2*4-7,9,11,21H,8H2,1-3H3;;/t9-,11?;9?,11-;;/m10../s1. The average molecular weight is 632 g/mol. The number of fused-ring (bicyclic) bond motifs is 10. The molecule has 8 radical (unpaired) electrons. The van der Waals surface area contributed by atoms with E-state index < -0.39 is 0 Å². The van der Waals surface area contributed by atoms with E-state index in [0.717, 1.165) is 55.5 Å². The molecule has 0 aliphatic carbocycles. The number of carbonyl (C=O) groups excluding carboxylic acids is 2. The maximum Gasteiger partial charge on any atom is 0.260 e. The average Bonchev–Trinajstić information content (AvgIpc) is 3.52. The van der Waals surface area contributed by atoms with Gasteiger partial charge in [0, 0.05) is 60.6 Å². The fraction of sp³-hybridized carbons (Fsp3) is 0.333. The fourth-order valence-electron chi connectivity index (χ4n) is 6.87. The van der Waals surface area contributed by atoms with Gasteiger partial charge in [-0.3, -0.25) is 29.4 Å². The number of amides is 2. The number of rotatable bonds is 0. The Kier molecular flexibility index (Phi) is 9.86. The first-order valence-corrected chi connectivity index (χ1v) is 15.9. The van der Waals surface area contributed by atoms with Gasteiger partial charge in [-0.25, -0.2) is 0 Å². The molecule has 4 aliphatic heterocycles. The molecule has 2 unspecified atom stereocenters. The highest BCUT2D eigenvalue weighted by Gasteiger charge is 2.41. The highest BCUT2D eigenvalue weighted by molar-refractivity contribution is 6.76. The van der Waals surface area contributed by atoms with Gasteiger partial charge in [-0.2, -0.15) is 0 Å². The summed E-state index contributed by atoms with van der Waals surface area (Å²) >= 11 is 0. The van der Waals surface area contributed by atoms with Gasteiger partial charge >= 0.3 is 0 Å². The number of nitrogens with zero attached hydrogens (tertiary/aromatic N) is 4. The van der Waals surface area contributed by atoms with Crippen LogP contribution in [0.4, 0.5) is 0 Å². The molecule has 0 saturated heterocycles. The summed E-state index contributed by atoms with van der Waals surface area (Å²) in [6, 6.07) is 15.3. The zero-order valence-corrected chi connectivity index (χ0v) is 28.2. The predicted molar refractivity (Wildman–Crippen MR) is 196 cm³/mol. The maximum absolute atomic E-state index is 12.9. The van der Waals surface area contributed by atoms with Gasteiger partial charge in [0.2, 0.25) is 0 Å². The van der Waals surface area contributed by atoms with Crippen molar-refractivity contribution in [3.8, 4) is 11.5 Å². The van der Waals surface area contributed by atoms with Crippen molar-refractivity contribution in [2.75, 3.05) is 13.1 Å². The van der Waals surface area contributed by atoms with Crippen molar-refractivity contribution in [2.24, 2.45) is 21.8 Å². The molecule has 0 spiro atoms. The molecule has 4 aromatic rings. The Morgan fingerprint density at radius 3 is 1.54 bits per heavy atom. The van der Waals surface area contributed by atoms with E-state index in [4.69, 9.17) is 9.98 Å². The van der Waals surface area contributed by atoms with Crippen LogP contribution in [0, 0.1) is 25.7 Å². The topological polar surface area (TPSA) is 106 Å². The minimum atomic E-state index is 0.00630. The number of carbonyl (C=O) groups is 2. The van der Waals surface area contributed by atoms with E-state index in [9.17, 15) is 19.8 Å². The van der Waals surface area contributed by atoms with Crippen molar-refractivity contribution >= 4 is 76.0 Å². The maximum atomic E-state index is 12.9. The first kappa shape index (κ1) is 34.9. The molecule has 8 nitrogen and oxygen atoms in total. The van der Waals surface area contributed by atoms with Crippen LogP contribution in [0.1, 0.15) is 70.7 Å². The molecule has 2 N–H and O–H groups in total. The van der Waals surface area contributed by atoms with Crippen molar-refractivity contribution in [3.63, 3.8) is 0 Å². The molecule has 0 fully saturated rings. The first-order valence-electron chi connectivity index (χ1n) is 15.9. The third-order valence-corrected chi connectivity index (χ3v) is 9.99. The number of hydrogen-bond donors (Lipinski definition) is 2. The van der Waals surface area contributed by atoms with Gasteiger partial charge in [0.05, 0.1) is 23.2 Å². The monoisotopic (exact) mass is 632 g/mol. The van der Waals surface area contributed by atoms with Gasteiger partial charge in [0.15, 0.2) is 0 Å². The summed E-state index contributed by atoms with van der Waals surface area (Å²) in [4.78, 5) is 38.7. The summed E-state index contributed by atoms with van der Waals surface area (Å²) in [6.07, 6.45) is 0. The molecular formula is C36H36B4N4O4. The van der Waals surface area contributed by atoms with Gasteiger partial charge in [-0.1, -0.05) is 38.1 Å². The second-order valence-corrected chi connectivity index (χ2v) is 12.8. The Morgan fingerprint density at radius 2 is 1.02 bits per heavy atom. The SMILES string of the molecule is Cc1c(O)ccc2ccc3c(c12)C(=O)N1CC(C)[C@H](C)N=C31.Cc1c(O)ccc2ccc3c(c12)C1=NC(C)[C@H](C)CN1C3=O.[B][B].[B][B]. The third kappa shape index (κ3) is 5.49. The normalized spacial score (nSPS) is 21.7. The van der Waals surface area contributed by atoms with Crippen LogP contribution in [0.15, 0.2) is 58.5 Å². The van der Waals surface area contributed by atoms with Crippen LogP contribution < -0.4 is 0 Å². The largest absolute Gasteiger partial charge is 0.508 e. The highest BCUT2D eigenvalue weighted by Crippen LogP contribution is 2.39. The summed E-state index contributed by atoms with van der Waals surface area (Å²) < 4.78 is 0. The number of aryl methyl sites for hydroxylation is 2. The van der Waals surface area contributed by atoms with E-state index >= 15 is 0 Å². The first-order chi connectivity index (χ1) is 23.0. The summed E-state index contributed by atoms with van der Waals surface area (Å²) in [6.45, 7) is 13.6. The quantitative estimate of drug-likeness (QED) is 0.275. The van der Waals surface area contributed by atoms with Crippen LogP contribution in [-0.2, 0) is 0 Å². The smallest absolute Gasteiger partial charge is 0.260 e. The van der Waals surface area contributed by atoms with Crippen LogP contribution in [0.25, 0.3) is 21.5 Å². The van der Waals surface area contributed by atoms with Gasteiger partial charge in [-0.05, 0) is 91.1 Å². The second kappa shape index (κ2) is 13.6. The van der Waals surface area contributed by atoms with E-state index in [1.54, 1.807) is 21.9 Å². The number of aromatic hydroxyl groups is 2. The Labute approximate surface area is 286 Å². The summed E-state index contributed by atoms with van der Waals surface area (Å²) in [5, 5.41) is 23.9. The van der Waals surface area contributed by atoms with Crippen LogP contribution in [0.5, 0.6) is 11.5 Å². The van der Waals surface area contributed by atoms with Crippen LogP contribution in [-0.4, -0.2) is 99.6 Å². The lowest BCUT2D eigenvalue weighted by molar-refractivity contribution is 0.0826. The number of hydrogen-bond acceptors (Lipinski definition) is 6. The van der Waals surface area contributed by atoms with E-state index in [-0.39, 0.29) is 35.4 Å². The summed E-state index contributed by atoms with van der Waals surface area (Å²) in [5.74, 6) is 2.77. The van der Waals surface area contributed by atoms with Crippen LogP contribution in [0.2, 0.25) is 0 Å². The number of phenolic OH excluding ortho intramolecular Hbond substituents is 2. The lowest BCUT2D eigenvalue weighted by Gasteiger charge is -2.30. The van der Waals surface area contributed by atoms with Gasteiger partial charge in [-0.15, -0.1) is 0 Å². The molecule has 0 bridgehead atoms. The molecule has 12 heteroatoms. The molecule has 2 amide bonds. The molecule has 8 rings (SSSR count). The lowest BCUT2D eigenvalue weighted by atomic mass is 9.81. The Hall–Kier alpha value is -4.46. The summed E-state index contributed by atoms with van der Waals surface area (Å²) in [5.41, 5.74) is 4.72. The van der Waals surface area contributed by atoms with E-state index in [2.05, 4.69) is 58.6 Å². The molecule has 0 aromatic heterocycles. The van der Waals surface area contributed by atoms with E-state index in [0.29, 0.717) is 36.1 Å². The molecular weight excluding hydrogens is 596 g/mol.